The van der Waals surface area contributed by atoms with Crippen molar-refractivity contribution in [3.63, 3.8) is 0 Å². The van der Waals surface area contributed by atoms with Crippen LogP contribution in [0.1, 0.15) is 35.3 Å². The number of ketones is 1. The Morgan fingerprint density at radius 2 is 1.95 bits per heavy atom. The van der Waals surface area contributed by atoms with Crippen LogP contribution in [0.2, 0.25) is 0 Å². The van der Waals surface area contributed by atoms with Gasteiger partial charge in [0.2, 0.25) is 0 Å². The number of carbonyl (C=O) groups excluding carboxylic acids is 1. The van der Waals surface area contributed by atoms with Gasteiger partial charge in [0.15, 0.2) is 5.78 Å². The largest absolute Gasteiger partial charge is 0.487 e. The number of carbonyl (C=O) groups is 1. The van der Waals surface area contributed by atoms with Crippen LogP contribution in [-0.2, 0) is 6.42 Å². The third-order valence-corrected chi connectivity index (χ3v) is 3.97. The lowest BCUT2D eigenvalue weighted by Gasteiger charge is -2.16. The Morgan fingerprint density at radius 1 is 1.19 bits per heavy atom. The summed E-state index contributed by atoms with van der Waals surface area (Å²) in [5.41, 5.74) is 8.48. The van der Waals surface area contributed by atoms with E-state index in [1.165, 1.54) is 0 Å². The summed E-state index contributed by atoms with van der Waals surface area (Å²) in [6.07, 6.45) is 0.810. The molecule has 21 heavy (non-hydrogen) atoms. The van der Waals surface area contributed by atoms with E-state index in [-0.39, 0.29) is 11.4 Å². The van der Waals surface area contributed by atoms with Gasteiger partial charge in [0, 0.05) is 27.7 Å². The molecule has 2 N–H and O–H groups in total. The highest BCUT2D eigenvalue weighted by molar-refractivity contribution is 9.10. The molecule has 2 aromatic rings. The second-order valence-corrected chi connectivity index (χ2v) is 6.88. The number of nitrogens with two attached hydrogens (primary N) is 1. The van der Waals surface area contributed by atoms with Crippen molar-refractivity contribution in [1.82, 2.24) is 0 Å². The van der Waals surface area contributed by atoms with Gasteiger partial charge in [-0.1, -0.05) is 15.9 Å². The lowest BCUT2D eigenvalue weighted by molar-refractivity contribution is 0.103. The van der Waals surface area contributed by atoms with E-state index in [1.54, 1.807) is 24.3 Å². The van der Waals surface area contributed by atoms with Gasteiger partial charge >= 0.3 is 0 Å². The van der Waals surface area contributed by atoms with Crippen LogP contribution in [0.3, 0.4) is 0 Å². The summed E-state index contributed by atoms with van der Waals surface area (Å²) in [4.78, 5) is 12.6. The van der Waals surface area contributed by atoms with E-state index in [1.807, 2.05) is 26.0 Å². The summed E-state index contributed by atoms with van der Waals surface area (Å²) in [5.74, 6) is 0.834. The van der Waals surface area contributed by atoms with Crippen molar-refractivity contribution in [2.24, 2.45) is 0 Å². The number of rotatable bonds is 2. The quantitative estimate of drug-likeness (QED) is 0.661. The van der Waals surface area contributed by atoms with Crippen molar-refractivity contribution >= 4 is 27.4 Å². The van der Waals surface area contributed by atoms with Crippen molar-refractivity contribution in [1.29, 1.82) is 0 Å². The van der Waals surface area contributed by atoms with E-state index in [0.29, 0.717) is 16.8 Å². The molecule has 1 aliphatic rings. The van der Waals surface area contributed by atoms with Gasteiger partial charge in [0.05, 0.1) is 0 Å². The van der Waals surface area contributed by atoms with Gasteiger partial charge in [0.25, 0.3) is 0 Å². The van der Waals surface area contributed by atoms with Crippen LogP contribution in [0.5, 0.6) is 5.75 Å². The molecule has 0 unspecified atom stereocenters. The molecule has 0 aliphatic carbocycles. The average Bonchev–Trinajstić information content (AvgIpc) is 2.69. The third kappa shape index (κ3) is 2.81. The molecular formula is C17H16BrNO2. The first-order chi connectivity index (χ1) is 9.84. The molecule has 0 atom stereocenters. The zero-order chi connectivity index (χ0) is 15.2. The van der Waals surface area contributed by atoms with Crippen LogP contribution < -0.4 is 10.5 Å². The molecule has 3 nitrogen and oxygen atoms in total. The van der Waals surface area contributed by atoms with Gasteiger partial charge in [-0.2, -0.15) is 0 Å². The van der Waals surface area contributed by atoms with Crippen LogP contribution in [0.25, 0.3) is 0 Å². The molecule has 0 fully saturated rings. The van der Waals surface area contributed by atoms with Gasteiger partial charge in [-0.3, -0.25) is 4.79 Å². The van der Waals surface area contributed by atoms with Gasteiger partial charge < -0.3 is 10.5 Å². The first-order valence-corrected chi connectivity index (χ1v) is 7.56. The Hall–Kier alpha value is -1.81. The average molecular weight is 346 g/mol. The predicted molar refractivity (Wildman–Crippen MR) is 86.8 cm³/mol. The molecule has 0 amide bonds. The second kappa shape index (κ2) is 4.88. The minimum absolute atomic E-state index is 0.0319. The number of hydrogen-bond donors (Lipinski definition) is 1. The van der Waals surface area contributed by atoms with Crippen LogP contribution in [0, 0.1) is 0 Å². The van der Waals surface area contributed by atoms with E-state index in [2.05, 4.69) is 15.9 Å². The number of nitrogen functional groups attached to an aromatic ring is 1. The molecule has 0 bridgehead atoms. The van der Waals surface area contributed by atoms with Crippen LogP contribution >= 0.6 is 15.9 Å². The van der Waals surface area contributed by atoms with Crippen LogP contribution in [0.4, 0.5) is 5.69 Å². The molecule has 4 heteroatoms. The van der Waals surface area contributed by atoms with Gasteiger partial charge in [-0.25, -0.2) is 0 Å². The SMILES string of the molecule is CC1(C)Cc2cc(C(=O)c3cc(N)cc(Br)c3)ccc2O1. The Labute approximate surface area is 132 Å². The Kier molecular flexibility index (Phi) is 3.29. The molecule has 0 aromatic heterocycles. The second-order valence-electron chi connectivity index (χ2n) is 5.96. The van der Waals surface area contributed by atoms with Gasteiger partial charge in [0.1, 0.15) is 11.4 Å². The zero-order valence-corrected chi connectivity index (χ0v) is 13.5. The summed E-state index contributed by atoms with van der Waals surface area (Å²) in [6, 6.07) is 10.9. The summed E-state index contributed by atoms with van der Waals surface area (Å²) < 4.78 is 6.64. The highest BCUT2D eigenvalue weighted by Gasteiger charge is 2.30. The standard InChI is InChI=1S/C17H16BrNO2/c1-17(2)9-12-5-10(3-4-15(12)21-17)16(20)11-6-13(18)8-14(19)7-11/h3-8H,9,19H2,1-2H3. The fourth-order valence-electron chi connectivity index (χ4n) is 2.66. The van der Waals surface area contributed by atoms with Crippen molar-refractivity contribution in [2.75, 3.05) is 5.73 Å². The van der Waals surface area contributed by atoms with E-state index in [0.717, 1.165) is 22.2 Å². The third-order valence-electron chi connectivity index (χ3n) is 3.51. The van der Waals surface area contributed by atoms with Crippen molar-refractivity contribution in [2.45, 2.75) is 25.9 Å². The molecule has 1 heterocycles. The van der Waals surface area contributed by atoms with E-state index in [9.17, 15) is 4.79 Å². The highest BCUT2D eigenvalue weighted by Crippen LogP contribution is 2.35. The fraction of sp³-hybridized carbons (Fsp3) is 0.235. The highest BCUT2D eigenvalue weighted by atomic mass is 79.9. The summed E-state index contributed by atoms with van der Waals surface area (Å²) >= 11 is 3.37. The lowest BCUT2D eigenvalue weighted by atomic mass is 9.97. The molecular weight excluding hydrogens is 330 g/mol. The topological polar surface area (TPSA) is 52.3 Å². The predicted octanol–water partition coefficient (Wildman–Crippen LogP) is 3.98. The molecule has 108 valence electrons. The summed E-state index contributed by atoms with van der Waals surface area (Å²) in [7, 11) is 0. The minimum Gasteiger partial charge on any atom is -0.487 e. The Bertz CT molecular complexity index is 717. The van der Waals surface area contributed by atoms with E-state index < -0.39 is 0 Å². The van der Waals surface area contributed by atoms with Crippen molar-refractivity contribution in [3.05, 3.63) is 57.6 Å². The maximum absolute atomic E-state index is 12.6. The molecule has 0 saturated carbocycles. The minimum atomic E-state index is -0.204. The number of benzene rings is 2. The lowest BCUT2D eigenvalue weighted by Crippen LogP contribution is -2.24. The Balaban J connectivity index is 1.97. The van der Waals surface area contributed by atoms with Crippen molar-refractivity contribution < 1.29 is 9.53 Å². The molecule has 0 radical (unpaired) electrons. The van der Waals surface area contributed by atoms with Crippen LogP contribution in [0.15, 0.2) is 40.9 Å². The molecule has 1 aliphatic heterocycles. The summed E-state index contributed by atoms with van der Waals surface area (Å²) in [5, 5.41) is 0. The molecule has 0 spiro atoms. The number of hydrogen-bond acceptors (Lipinski definition) is 3. The number of halogens is 1. The smallest absolute Gasteiger partial charge is 0.193 e. The maximum Gasteiger partial charge on any atom is 0.193 e. The number of anilines is 1. The molecule has 0 saturated heterocycles. The normalized spacial score (nSPS) is 15.4. The number of ether oxygens (including phenoxy) is 1. The van der Waals surface area contributed by atoms with Crippen LogP contribution in [-0.4, -0.2) is 11.4 Å². The summed E-state index contributed by atoms with van der Waals surface area (Å²) in [6.45, 7) is 4.09. The molecule has 3 rings (SSSR count). The maximum atomic E-state index is 12.6. The first-order valence-electron chi connectivity index (χ1n) is 6.77. The van der Waals surface area contributed by atoms with E-state index in [4.69, 9.17) is 10.5 Å². The fourth-order valence-corrected chi connectivity index (χ4v) is 3.17. The first kappa shape index (κ1) is 14.1. The number of fused-ring (bicyclic) bond motifs is 1. The van der Waals surface area contributed by atoms with Crippen molar-refractivity contribution in [3.8, 4) is 5.75 Å². The molecule has 2 aromatic carbocycles. The monoisotopic (exact) mass is 345 g/mol. The van der Waals surface area contributed by atoms with E-state index >= 15 is 0 Å². The van der Waals surface area contributed by atoms with Gasteiger partial charge in [-0.05, 0) is 55.8 Å². The zero-order valence-electron chi connectivity index (χ0n) is 11.9. The Morgan fingerprint density at radius 3 is 2.67 bits per heavy atom. The van der Waals surface area contributed by atoms with Gasteiger partial charge in [-0.15, -0.1) is 0 Å².